The third-order valence-corrected chi connectivity index (χ3v) is 6.63. The highest BCUT2D eigenvalue weighted by molar-refractivity contribution is 5.96. The molecule has 36 heavy (non-hydrogen) atoms. The van der Waals surface area contributed by atoms with E-state index < -0.39 is 0 Å². The lowest BCUT2D eigenvalue weighted by Gasteiger charge is -2.02. The van der Waals surface area contributed by atoms with Crippen LogP contribution < -0.4 is 4.57 Å². The Morgan fingerprint density at radius 2 is 1.06 bits per heavy atom. The number of aryl methyl sites for hydroxylation is 2. The molecule has 0 aliphatic carbocycles. The zero-order valence-electron chi connectivity index (χ0n) is 22.6. The lowest BCUT2D eigenvalue weighted by Crippen LogP contribution is -2.32. The number of hydrogen-bond acceptors (Lipinski definition) is 1. The van der Waals surface area contributed by atoms with Gasteiger partial charge in [0.2, 0.25) is 0 Å². The van der Waals surface area contributed by atoms with Gasteiger partial charge >= 0.3 is 0 Å². The van der Waals surface area contributed by atoms with Crippen LogP contribution in [0.15, 0.2) is 91.3 Å². The van der Waals surface area contributed by atoms with Crippen LogP contribution in [0.5, 0.6) is 0 Å². The summed E-state index contributed by atoms with van der Waals surface area (Å²) in [5.41, 5.74) is 2.02. The summed E-state index contributed by atoms with van der Waals surface area (Å²) in [6, 6.07) is 25.9. The van der Waals surface area contributed by atoms with E-state index in [1.54, 1.807) is 0 Å². The molecule has 0 saturated carbocycles. The van der Waals surface area contributed by atoms with Crippen LogP contribution in [0.4, 0.5) is 0 Å². The Labute approximate surface area is 220 Å². The highest BCUT2D eigenvalue weighted by Crippen LogP contribution is 2.12. The van der Waals surface area contributed by atoms with E-state index in [9.17, 15) is 4.79 Å². The van der Waals surface area contributed by atoms with Crippen LogP contribution in [-0.2, 0) is 13.0 Å². The molecule has 2 aromatic carbocycles. The Kier molecular flexibility index (Phi) is 16.8. The van der Waals surface area contributed by atoms with Crippen molar-refractivity contribution in [3.8, 4) is 0 Å². The minimum Gasteiger partial charge on any atom is -0.294 e. The molecule has 0 unspecified atom stereocenters. The third kappa shape index (κ3) is 14.6. The van der Waals surface area contributed by atoms with Gasteiger partial charge < -0.3 is 0 Å². The number of unbranched alkanes of at least 4 members (excludes halogenated alkanes) is 11. The first-order chi connectivity index (χ1) is 17.8. The number of pyridine rings is 1. The van der Waals surface area contributed by atoms with E-state index in [2.05, 4.69) is 54.2 Å². The van der Waals surface area contributed by atoms with E-state index in [4.69, 9.17) is 0 Å². The maximum atomic E-state index is 11.8. The van der Waals surface area contributed by atoms with Gasteiger partial charge in [-0.3, -0.25) is 4.79 Å². The van der Waals surface area contributed by atoms with Crippen molar-refractivity contribution in [2.75, 3.05) is 0 Å². The number of aromatic nitrogens is 1. The molecular weight excluding hydrogens is 438 g/mol. The molecule has 0 spiro atoms. The number of ketones is 1. The van der Waals surface area contributed by atoms with Crippen LogP contribution in [0.3, 0.4) is 0 Å². The Morgan fingerprint density at radius 3 is 1.61 bits per heavy atom. The normalized spacial score (nSPS) is 10.5. The molecule has 2 heteroatoms. The Balaban J connectivity index is 0.000000259. The zero-order valence-corrected chi connectivity index (χ0v) is 22.6. The number of nitrogens with zero attached hydrogens (tertiary/aromatic N) is 1. The lowest BCUT2D eigenvalue weighted by atomic mass is 10.0. The summed E-state index contributed by atoms with van der Waals surface area (Å²) < 4.78 is 2.29. The monoisotopic (exact) mass is 486 g/mol. The van der Waals surface area contributed by atoms with Crippen LogP contribution >= 0.6 is 0 Å². The Bertz CT molecular complexity index is 892. The van der Waals surface area contributed by atoms with Gasteiger partial charge in [-0.25, -0.2) is 4.57 Å². The first-order valence-corrected chi connectivity index (χ1v) is 14.4. The molecule has 0 bridgehead atoms. The van der Waals surface area contributed by atoms with Crippen LogP contribution in [0.25, 0.3) is 0 Å². The molecule has 0 fully saturated rings. The molecule has 1 heterocycles. The van der Waals surface area contributed by atoms with Gasteiger partial charge in [0.05, 0.1) is 0 Å². The van der Waals surface area contributed by atoms with Crippen molar-refractivity contribution in [1.29, 1.82) is 0 Å². The standard InChI is InChI=1S/C19H34N.C15H14O/c1-2-3-4-5-6-7-8-9-10-11-12-14-17-20-18-15-13-16-19-20;16-15(14-9-5-2-6-10-14)12-11-13-7-3-1-4-8-13/h13,15-16,18-19H,2-12,14,17H2,1H3;1-10H,11-12H2/q+1;. The second-order valence-corrected chi connectivity index (χ2v) is 9.78. The van der Waals surface area contributed by atoms with Crippen LogP contribution in [0, 0.1) is 0 Å². The largest absolute Gasteiger partial charge is 0.294 e. The summed E-state index contributed by atoms with van der Waals surface area (Å²) in [6.07, 6.45) is 22.8. The molecule has 0 aliphatic heterocycles. The van der Waals surface area contributed by atoms with E-state index in [1.165, 1.54) is 89.2 Å². The van der Waals surface area contributed by atoms with Crippen LogP contribution in [0.2, 0.25) is 0 Å². The summed E-state index contributed by atoms with van der Waals surface area (Å²) in [7, 11) is 0. The van der Waals surface area contributed by atoms with Gasteiger partial charge in [0.25, 0.3) is 0 Å². The molecule has 0 amide bonds. The fourth-order valence-electron chi connectivity index (χ4n) is 4.39. The summed E-state index contributed by atoms with van der Waals surface area (Å²) in [5, 5.41) is 0. The quantitative estimate of drug-likeness (QED) is 0.106. The summed E-state index contributed by atoms with van der Waals surface area (Å²) >= 11 is 0. The average Bonchev–Trinajstić information content (AvgIpc) is 2.94. The van der Waals surface area contributed by atoms with Crippen molar-refractivity contribution < 1.29 is 9.36 Å². The number of carbonyl (C=O) groups is 1. The highest BCUT2D eigenvalue weighted by Gasteiger charge is 2.04. The minimum absolute atomic E-state index is 0.212. The second-order valence-electron chi connectivity index (χ2n) is 9.78. The van der Waals surface area contributed by atoms with Crippen LogP contribution in [0.1, 0.15) is 106 Å². The molecule has 0 N–H and O–H groups in total. The molecule has 0 saturated heterocycles. The van der Waals surface area contributed by atoms with Crippen molar-refractivity contribution in [3.63, 3.8) is 0 Å². The van der Waals surface area contributed by atoms with Crippen molar-refractivity contribution >= 4 is 5.78 Å². The molecule has 0 radical (unpaired) electrons. The first kappa shape index (κ1) is 29.5. The second kappa shape index (κ2) is 20.5. The molecule has 3 rings (SSSR count). The molecule has 2 nitrogen and oxygen atoms in total. The van der Waals surface area contributed by atoms with E-state index in [1.807, 2.05) is 48.5 Å². The van der Waals surface area contributed by atoms with Gasteiger partial charge in [0.15, 0.2) is 18.2 Å². The summed E-state index contributed by atoms with van der Waals surface area (Å²) in [6.45, 7) is 3.47. The molecule has 0 aliphatic rings. The van der Waals surface area contributed by atoms with Crippen molar-refractivity contribution in [2.45, 2.75) is 103 Å². The predicted molar refractivity (Wildman–Crippen MR) is 153 cm³/mol. The average molecular weight is 487 g/mol. The minimum atomic E-state index is 0.212. The number of Topliss-reactive ketones (excluding diaryl/α,β-unsaturated/α-hetero) is 1. The van der Waals surface area contributed by atoms with Crippen molar-refractivity contribution in [2.24, 2.45) is 0 Å². The predicted octanol–water partition coefficient (Wildman–Crippen LogP) is 9.18. The number of rotatable bonds is 17. The van der Waals surface area contributed by atoms with Gasteiger partial charge in [0, 0.05) is 30.5 Å². The Morgan fingerprint density at radius 1 is 0.583 bits per heavy atom. The zero-order chi connectivity index (χ0) is 25.5. The van der Waals surface area contributed by atoms with Crippen molar-refractivity contribution in [3.05, 3.63) is 102 Å². The molecule has 1 aromatic heterocycles. The van der Waals surface area contributed by atoms with E-state index >= 15 is 0 Å². The van der Waals surface area contributed by atoms with Crippen LogP contribution in [-0.4, -0.2) is 5.78 Å². The summed E-state index contributed by atoms with van der Waals surface area (Å²) in [5.74, 6) is 0.212. The first-order valence-electron chi connectivity index (χ1n) is 14.4. The third-order valence-electron chi connectivity index (χ3n) is 6.63. The molecule has 0 atom stereocenters. The maximum Gasteiger partial charge on any atom is 0.168 e. The molecule has 194 valence electrons. The van der Waals surface area contributed by atoms with Gasteiger partial charge in [-0.15, -0.1) is 0 Å². The lowest BCUT2D eigenvalue weighted by molar-refractivity contribution is -0.697. The van der Waals surface area contributed by atoms with Gasteiger partial charge in [-0.1, -0.05) is 138 Å². The van der Waals surface area contributed by atoms with E-state index in [0.717, 1.165) is 12.0 Å². The maximum absolute atomic E-state index is 11.8. The number of carbonyl (C=O) groups excluding carboxylic acids is 1. The SMILES string of the molecule is CCCCCCCCCCCCCC[n+]1ccccc1.O=C(CCc1ccccc1)c1ccccc1. The topological polar surface area (TPSA) is 20.9 Å². The van der Waals surface area contributed by atoms with Gasteiger partial charge in [-0.05, 0) is 18.4 Å². The van der Waals surface area contributed by atoms with E-state index in [-0.39, 0.29) is 5.78 Å². The van der Waals surface area contributed by atoms with Crippen molar-refractivity contribution in [1.82, 2.24) is 0 Å². The Hall–Kier alpha value is -2.74. The highest BCUT2D eigenvalue weighted by atomic mass is 16.1. The van der Waals surface area contributed by atoms with Gasteiger partial charge in [0.1, 0.15) is 6.54 Å². The molecule has 3 aromatic rings. The number of hydrogen-bond donors (Lipinski definition) is 0. The molecular formula is C34H48NO+. The smallest absolute Gasteiger partial charge is 0.168 e. The number of benzene rings is 2. The van der Waals surface area contributed by atoms with Gasteiger partial charge in [-0.2, -0.15) is 0 Å². The van der Waals surface area contributed by atoms with E-state index in [0.29, 0.717) is 6.42 Å². The fourth-order valence-corrected chi connectivity index (χ4v) is 4.39. The fraction of sp³-hybridized carbons (Fsp3) is 0.471. The summed E-state index contributed by atoms with van der Waals surface area (Å²) in [4.78, 5) is 11.8.